The van der Waals surface area contributed by atoms with Gasteiger partial charge in [-0.2, -0.15) is 0 Å². The highest BCUT2D eigenvalue weighted by molar-refractivity contribution is 5.87. The zero-order chi connectivity index (χ0) is 19.6. The average molecular weight is 371 g/mol. The Morgan fingerprint density at radius 1 is 1.30 bits per heavy atom. The first kappa shape index (κ1) is 18.6. The van der Waals surface area contributed by atoms with E-state index in [9.17, 15) is 19.2 Å². The van der Waals surface area contributed by atoms with Gasteiger partial charge in [0.1, 0.15) is 6.54 Å². The third-order valence-electron chi connectivity index (χ3n) is 4.83. The predicted molar refractivity (Wildman–Crippen MR) is 97.9 cm³/mol. The van der Waals surface area contributed by atoms with Crippen molar-refractivity contribution >= 4 is 11.9 Å². The summed E-state index contributed by atoms with van der Waals surface area (Å²) in [5.41, 5.74) is 0.515. The van der Waals surface area contributed by atoms with Crippen LogP contribution in [0.25, 0.3) is 0 Å². The lowest BCUT2D eigenvalue weighted by molar-refractivity contribution is -0.131. The van der Waals surface area contributed by atoms with Crippen molar-refractivity contribution < 1.29 is 14.7 Å². The fourth-order valence-electron chi connectivity index (χ4n) is 3.37. The number of nitrogens with one attached hydrogen (secondary N) is 1. The molecule has 1 aliphatic heterocycles. The Morgan fingerprint density at radius 3 is 2.81 bits per heavy atom. The predicted octanol–water partition coefficient (Wildman–Crippen LogP) is 0.634. The standard InChI is InChI=1S/C19H21N3O5/c1-12-9-22(19(27)20-17(12)24)11-16(23)21-6-5-14(10-21)7-13-3-2-4-15(8-13)18(25)26/h2-4,8-9,14H,5-7,10-11H2,1H3,(H,25,26)(H,20,24,27). The van der Waals surface area contributed by atoms with Gasteiger partial charge in [-0.25, -0.2) is 9.59 Å². The number of carbonyl (C=O) groups excluding carboxylic acids is 1. The van der Waals surface area contributed by atoms with Crippen LogP contribution in [0.2, 0.25) is 0 Å². The minimum atomic E-state index is -0.957. The number of carboxylic acids is 1. The summed E-state index contributed by atoms with van der Waals surface area (Å²) in [6, 6.07) is 6.83. The van der Waals surface area contributed by atoms with Gasteiger partial charge in [0.2, 0.25) is 5.91 Å². The van der Waals surface area contributed by atoms with Crippen LogP contribution in [0, 0.1) is 12.8 Å². The number of aromatic nitrogens is 2. The highest BCUT2D eigenvalue weighted by Gasteiger charge is 2.26. The van der Waals surface area contributed by atoms with Crippen molar-refractivity contribution in [2.24, 2.45) is 5.92 Å². The van der Waals surface area contributed by atoms with Crippen molar-refractivity contribution in [1.82, 2.24) is 14.5 Å². The maximum Gasteiger partial charge on any atom is 0.335 e. The number of hydrogen-bond acceptors (Lipinski definition) is 4. The lowest BCUT2D eigenvalue weighted by Gasteiger charge is -2.17. The van der Waals surface area contributed by atoms with Crippen LogP contribution < -0.4 is 11.2 Å². The summed E-state index contributed by atoms with van der Waals surface area (Å²) in [6.07, 6.45) is 2.91. The van der Waals surface area contributed by atoms with Crippen LogP contribution in [0.5, 0.6) is 0 Å². The van der Waals surface area contributed by atoms with Crippen LogP contribution in [0.1, 0.15) is 27.9 Å². The minimum Gasteiger partial charge on any atom is -0.478 e. The van der Waals surface area contributed by atoms with E-state index in [1.807, 2.05) is 6.07 Å². The quantitative estimate of drug-likeness (QED) is 0.801. The Hall–Kier alpha value is -3.16. The first-order valence-electron chi connectivity index (χ1n) is 8.74. The van der Waals surface area contributed by atoms with Crippen LogP contribution in [0.4, 0.5) is 0 Å². The number of aryl methyl sites for hydroxylation is 1. The summed E-state index contributed by atoms with van der Waals surface area (Å²) < 4.78 is 1.21. The van der Waals surface area contributed by atoms with Crippen LogP contribution in [0.3, 0.4) is 0 Å². The molecule has 142 valence electrons. The molecule has 2 heterocycles. The maximum absolute atomic E-state index is 12.5. The number of aromatic carboxylic acids is 1. The fraction of sp³-hybridized carbons (Fsp3) is 0.368. The smallest absolute Gasteiger partial charge is 0.335 e. The van der Waals surface area contributed by atoms with Crippen molar-refractivity contribution in [1.29, 1.82) is 0 Å². The molecule has 3 rings (SSSR count). The summed E-state index contributed by atoms with van der Waals surface area (Å²) in [5.74, 6) is -0.890. The second-order valence-corrected chi connectivity index (χ2v) is 6.90. The van der Waals surface area contributed by atoms with Crippen molar-refractivity contribution in [2.75, 3.05) is 13.1 Å². The van der Waals surface area contributed by atoms with Crippen LogP contribution >= 0.6 is 0 Å². The van der Waals surface area contributed by atoms with Crippen LogP contribution in [0.15, 0.2) is 40.1 Å². The molecule has 27 heavy (non-hydrogen) atoms. The van der Waals surface area contributed by atoms with Crippen molar-refractivity contribution in [3.05, 3.63) is 68.0 Å². The second kappa shape index (κ2) is 7.61. The second-order valence-electron chi connectivity index (χ2n) is 6.90. The zero-order valence-electron chi connectivity index (χ0n) is 15.0. The first-order valence-corrected chi connectivity index (χ1v) is 8.74. The van der Waals surface area contributed by atoms with E-state index in [4.69, 9.17) is 5.11 Å². The highest BCUT2D eigenvalue weighted by Crippen LogP contribution is 2.21. The molecule has 1 aromatic carbocycles. The summed E-state index contributed by atoms with van der Waals surface area (Å²) in [5, 5.41) is 9.08. The van der Waals surface area contributed by atoms with Gasteiger partial charge >= 0.3 is 11.7 Å². The largest absolute Gasteiger partial charge is 0.478 e. The Morgan fingerprint density at radius 2 is 2.07 bits per heavy atom. The number of carboxylic acid groups (broad SMARTS) is 1. The van der Waals surface area contributed by atoms with Gasteiger partial charge < -0.3 is 10.0 Å². The molecule has 1 saturated heterocycles. The molecule has 8 nitrogen and oxygen atoms in total. The van der Waals surface area contributed by atoms with Gasteiger partial charge in [0.25, 0.3) is 5.56 Å². The third-order valence-corrected chi connectivity index (χ3v) is 4.83. The molecule has 1 aromatic heterocycles. The number of aromatic amines is 1. The molecular formula is C19H21N3O5. The van der Waals surface area contributed by atoms with E-state index in [-0.39, 0.29) is 23.9 Å². The molecule has 1 aliphatic rings. The Bertz CT molecular complexity index is 991. The van der Waals surface area contributed by atoms with E-state index in [1.165, 1.54) is 10.8 Å². The van der Waals surface area contributed by atoms with Gasteiger partial charge in [-0.05, 0) is 43.4 Å². The summed E-state index contributed by atoms with van der Waals surface area (Å²) >= 11 is 0. The van der Waals surface area contributed by atoms with Gasteiger partial charge in [-0.1, -0.05) is 12.1 Å². The SMILES string of the molecule is Cc1cn(CC(=O)N2CCC(Cc3cccc(C(=O)O)c3)C2)c(=O)[nH]c1=O. The van der Waals surface area contributed by atoms with Crippen LogP contribution in [-0.2, 0) is 17.8 Å². The number of carbonyl (C=O) groups is 2. The molecule has 1 amide bonds. The molecular weight excluding hydrogens is 350 g/mol. The summed E-state index contributed by atoms with van der Waals surface area (Å²) in [6.45, 7) is 2.63. The van der Waals surface area contributed by atoms with E-state index < -0.39 is 17.2 Å². The number of likely N-dealkylation sites (tertiary alicyclic amines) is 1. The van der Waals surface area contributed by atoms with Gasteiger partial charge in [-0.15, -0.1) is 0 Å². The number of rotatable bonds is 5. The first-order chi connectivity index (χ1) is 12.8. The van der Waals surface area contributed by atoms with Gasteiger partial charge in [-0.3, -0.25) is 19.1 Å². The topological polar surface area (TPSA) is 112 Å². The molecule has 2 aromatic rings. The number of H-pyrrole nitrogens is 1. The molecule has 0 aliphatic carbocycles. The Labute approximate surface area is 155 Å². The maximum atomic E-state index is 12.5. The monoisotopic (exact) mass is 371 g/mol. The summed E-state index contributed by atoms with van der Waals surface area (Å²) in [4.78, 5) is 50.7. The van der Waals surface area contributed by atoms with Crippen LogP contribution in [-0.4, -0.2) is 44.5 Å². The Kier molecular flexibility index (Phi) is 5.25. The van der Waals surface area contributed by atoms with E-state index in [0.717, 1.165) is 12.0 Å². The minimum absolute atomic E-state index is 0.113. The third kappa shape index (κ3) is 4.33. The molecule has 1 atom stereocenters. The zero-order valence-corrected chi connectivity index (χ0v) is 15.0. The molecule has 8 heteroatoms. The highest BCUT2D eigenvalue weighted by atomic mass is 16.4. The van der Waals surface area contributed by atoms with Gasteiger partial charge in [0.15, 0.2) is 0 Å². The van der Waals surface area contributed by atoms with E-state index in [0.29, 0.717) is 25.1 Å². The normalized spacial score (nSPS) is 16.5. The molecule has 1 fully saturated rings. The van der Waals surface area contributed by atoms with E-state index in [2.05, 4.69) is 4.98 Å². The van der Waals surface area contributed by atoms with Gasteiger partial charge in [0.05, 0.1) is 5.56 Å². The molecule has 2 N–H and O–H groups in total. The fourth-order valence-corrected chi connectivity index (χ4v) is 3.37. The van der Waals surface area contributed by atoms with E-state index in [1.54, 1.807) is 30.0 Å². The molecule has 1 unspecified atom stereocenters. The molecule has 0 bridgehead atoms. The van der Waals surface area contributed by atoms with E-state index >= 15 is 0 Å². The van der Waals surface area contributed by atoms with Crippen molar-refractivity contribution in [3.63, 3.8) is 0 Å². The number of hydrogen-bond donors (Lipinski definition) is 2. The molecule has 0 spiro atoms. The summed E-state index contributed by atoms with van der Waals surface area (Å²) in [7, 11) is 0. The number of amides is 1. The number of nitrogens with zero attached hydrogens (tertiary/aromatic N) is 2. The van der Waals surface area contributed by atoms with Gasteiger partial charge in [0, 0.05) is 24.8 Å². The van der Waals surface area contributed by atoms with Crippen molar-refractivity contribution in [2.45, 2.75) is 26.3 Å². The lowest BCUT2D eigenvalue weighted by atomic mass is 9.97. The Balaban J connectivity index is 1.62. The lowest BCUT2D eigenvalue weighted by Crippen LogP contribution is -2.38. The molecule has 0 radical (unpaired) electrons. The molecule has 0 saturated carbocycles. The average Bonchev–Trinajstić information content (AvgIpc) is 3.08. The van der Waals surface area contributed by atoms with Crippen molar-refractivity contribution in [3.8, 4) is 0 Å². The number of benzene rings is 1.